The Morgan fingerprint density at radius 3 is 2.21 bits per heavy atom. The maximum absolute atomic E-state index is 10.1. The van der Waals surface area contributed by atoms with Crippen molar-refractivity contribution in [2.24, 2.45) is 5.92 Å². The van der Waals surface area contributed by atoms with Gasteiger partial charge in [-0.05, 0) is 31.6 Å². The first-order valence-corrected chi connectivity index (χ1v) is 5.84. The molecule has 1 rings (SSSR count). The molecular formula is C12H24O2. The second kappa shape index (κ2) is 5.13. The lowest BCUT2D eigenvalue weighted by Gasteiger charge is -2.33. The molecule has 1 aliphatic rings. The van der Waals surface area contributed by atoms with Crippen LogP contribution >= 0.6 is 0 Å². The van der Waals surface area contributed by atoms with Crippen LogP contribution in [0.5, 0.6) is 0 Å². The maximum atomic E-state index is 10.1. The van der Waals surface area contributed by atoms with Crippen molar-refractivity contribution in [3.05, 3.63) is 0 Å². The second-order valence-electron chi connectivity index (χ2n) is 4.96. The molecule has 2 nitrogen and oxygen atoms in total. The normalized spacial score (nSPS) is 22.9. The molecule has 0 saturated heterocycles. The zero-order chi connectivity index (χ0) is 10.6. The van der Waals surface area contributed by atoms with Crippen molar-refractivity contribution in [3.63, 3.8) is 0 Å². The SMILES string of the molecule is COC1(C(O)CCC(C)C)CCCC1. The molecule has 0 radical (unpaired) electrons. The Morgan fingerprint density at radius 1 is 1.21 bits per heavy atom. The highest BCUT2D eigenvalue weighted by molar-refractivity contribution is 4.92. The summed E-state index contributed by atoms with van der Waals surface area (Å²) in [5.41, 5.74) is -0.213. The first-order chi connectivity index (χ1) is 6.60. The van der Waals surface area contributed by atoms with Crippen molar-refractivity contribution in [2.45, 2.75) is 64.1 Å². The van der Waals surface area contributed by atoms with E-state index in [1.807, 2.05) is 0 Å². The van der Waals surface area contributed by atoms with Gasteiger partial charge in [-0.1, -0.05) is 26.7 Å². The summed E-state index contributed by atoms with van der Waals surface area (Å²) in [6, 6.07) is 0. The van der Waals surface area contributed by atoms with Crippen LogP contribution < -0.4 is 0 Å². The standard InChI is InChI=1S/C12H24O2/c1-10(2)6-7-11(13)12(14-3)8-4-5-9-12/h10-11,13H,4-9H2,1-3H3. The van der Waals surface area contributed by atoms with Crippen molar-refractivity contribution in [1.29, 1.82) is 0 Å². The van der Waals surface area contributed by atoms with Crippen molar-refractivity contribution in [1.82, 2.24) is 0 Å². The lowest BCUT2D eigenvalue weighted by Crippen LogP contribution is -2.41. The lowest BCUT2D eigenvalue weighted by atomic mass is 9.89. The number of methoxy groups -OCH3 is 1. The minimum Gasteiger partial charge on any atom is -0.390 e. The van der Waals surface area contributed by atoms with Gasteiger partial charge >= 0.3 is 0 Å². The van der Waals surface area contributed by atoms with Crippen LogP contribution in [0.3, 0.4) is 0 Å². The zero-order valence-electron chi connectivity index (χ0n) is 9.75. The van der Waals surface area contributed by atoms with Crippen LogP contribution in [0.2, 0.25) is 0 Å². The Hall–Kier alpha value is -0.0800. The lowest BCUT2D eigenvalue weighted by molar-refractivity contribution is -0.102. The predicted molar refractivity (Wildman–Crippen MR) is 58.3 cm³/mol. The van der Waals surface area contributed by atoms with E-state index in [0.29, 0.717) is 5.92 Å². The van der Waals surface area contributed by atoms with E-state index in [-0.39, 0.29) is 11.7 Å². The molecule has 0 heterocycles. The number of aliphatic hydroxyl groups excluding tert-OH is 1. The predicted octanol–water partition coefficient (Wildman–Crippen LogP) is 2.74. The van der Waals surface area contributed by atoms with Crippen molar-refractivity contribution < 1.29 is 9.84 Å². The Kier molecular flexibility index (Phi) is 4.39. The van der Waals surface area contributed by atoms with Crippen LogP contribution in [-0.2, 0) is 4.74 Å². The fraction of sp³-hybridized carbons (Fsp3) is 1.00. The van der Waals surface area contributed by atoms with Gasteiger partial charge in [-0.2, -0.15) is 0 Å². The summed E-state index contributed by atoms with van der Waals surface area (Å²) in [5, 5.41) is 10.1. The molecule has 0 spiro atoms. The fourth-order valence-corrected chi connectivity index (χ4v) is 2.40. The molecule has 1 saturated carbocycles. The highest BCUT2D eigenvalue weighted by atomic mass is 16.5. The van der Waals surface area contributed by atoms with Gasteiger partial charge in [0, 0.05) is 7.11 Å². The summed E-state index contributed by atoms with van der Waals surface area (Å²) >= 11 is 0. The van der Waals surface area contributed by atoms with Crippen LogP contribution in [0, 0.1) is 5.92 Å². The van der Waals surface area contributed by atoms with E-state index in [1.165, 1.54) is 12.8 Å². The quantitative estimate of drug-likeness (QED) is 0.739. The smallest absolute Gasteiger partial charge is 0.0936 e. The van der Waals surface area contributed by atoms with E-state index in [1.54, 1.807) is 7.11 Å². The van der Waals surface area contributed by atoms with Crippen LogP contribution in [-0.4, -0.2) is 23.9 Å². The zero-order valence-corrected chi connectivity index (χ0v) is 9.75. The average Bonchev–Trinajstić information content (AvgIpc) is 2.63. The van der Waals surface area contributed by atoms with Crippen molar-refractivity contribution in [3.8, 4) is 0 Å². The van der Waals surface area contributed by atoms with Gasteiger partial charge in [0.2, 0.25) is 0 Å². The molecule has 1 unspecified atom stereocenters. The highest BCUT2D eigenvalue weighted by Crippen LogP contribution is 2.37. The molecule has 0 bridgehead atoms. The maximum Gasteiger partial charge on any atom is 0.0936 e. The van der Waals surface area contributed by atoms with Crippen LogP contribution in [0.4, 0.5) is 0 Å². The Bertz CT molecular complexity index is 160. The van der Waals surface area contributed by atoms with Gasteiger partial charge < -0.3 is 9.84 Å². The van der Waals surface area contributed by atoms with Crippen molar-refractivity contribution >= 4 is 0 Å². The van der Waals surface area contributed by atoms with E-state index < -0.39 is 0 Å². The Labute approximate surface area is 87.7 Å². The van der Waals surface area contributed by atoms with Gasteiger partial charge in [0.15, 0.2) is 0 Å². The molecule has 1 fully saturated rings. The third-order valence-electron chi connectivity index (χ3n) is 3.48. The topological polar surface area (TPSA) is 29.5 Å². The van der Waals surface area contributed by atoms with E-state index in [4.69, 9.17) is 4.74 Å². The van der Waals surface area contributed by atoms with Gasteiger partial charge in [-0.3, -0.25) is 0 Å². The molecule has 2 heteroatoms. The van der Waals surface area contributed by atoms with E-state index in [2.05, 4.69) is 13.8 Å². The van der Waals surface area contributed by atoms with Gasteiger partial charge in [-0.25, -0.2) is 0 Å². The summed E-state index contributed by atoms with van der Waals surface area (Å²) in [7, 11) is 1.74. The van der Waals surface area contributed by atoms with Crippen molar-refractivity contribution in [2.75, 3.05) is 7.11 Å². The molecule has 0 aromatic heterocycles. The second-order valence-corrected chi connectivity index (χ2v) is 4.96. The molecule has 0 aliphatic heterocycles. The summed E-state index contributed by atoms with van der Waals surface area (Å²) < 4.78 is 5.54. The summed E-state index contributed by atoms with van der Waals surface area (Å²) in [6.45, 7) is 4.39. The summed E-state index contributed by atoms with van der Waals surface area (Å²) in [4.78, 5) is 0. The third kappa shape index (κ3) is 2.71. The number of hydrogen-bond acceptors (Lipinski definition) is 2. The Balaban J connectivity index is 2.43. The molecule has 0 amide bonds. The molecule has 1 atom stereocenters. The first-order valence-electron chi connectivity index (χ1n) is 5.84. The number of ether oxygens (including phenoxy) is 1. The minimum absolute atomic E-state index is 0.213. The van der Waals surface area contributed by atoms with Gasteiger partial charge in [0.25, 0.3) is 0 Å². The van der Waals surface area contributed by atoms with Crippen LogP contribution in [0.1, 0.15) is 52.4 Å². The number of rotatable bonds is 5. The van der Waals surface area contributed by atoms with Gasteiger partial charge in [-0.15, -0.1) is 0 Å². The van der Waals surface area contributed by atoms with Gasteiger partial charge in [0.05, 0.1) is 11.7 Å². The molecule has 1 N–H and O–H groups in total. The number of hydrogen-bond donors (Lipinski definition) is 1. The molecule has 84 valence electrons. The molecule has 14 heavy (non-hydrogen) atoms. The molecule has 0 aromatic rings. The number of aliphatic hydroxyl groups is 1. The monoisotopic (exact) mass is 200 g/mol. The molecule has 0 aromatic carbocycles. The van der Waals surface area contributed by atoms with Crippen LogP contribution in [0.15, 0.2) is 0 Å². The first kappa shape index (κ1) is 12.0. The summed E-state index contributed by atoms with van der Waals surface area (Å²) in [6.07, 6.45) is 6.17. The van der Waals surface area contributed by atoms with E-state index in [9.17, 15) is 5.11 Å². The molecular weight excluding hydrogens is 176 g/mol. The minimum atomic E-state index is -0.266. The average molecular weight is 200 g/mol. The summed E-state index contributed by atoms with van der Waals surface area (Å²) in [5.74, 6) is 0.667. The van der Waals surface area contributed by atoms with Gasteiger partial charge in [0.1, 0.15) is 0 Å². The Morgan fingerprint density at radius 2 is 1.79 bits per heavy atom. The van der Waals surface area contributed by atoms with E-state index in [0.717, 1.165) is 25.7 Å². The third-order valence-corrected chi connectivity index (χ3v) is 3.48. The highest BCUT2D eigenvalue weighted by Gasteiger charge is 2.40. The van der Waals surface area contributed by atoms with E-state index >= 15 is 0 Å². The largest absolute Gasteiger partial charge is 0.390 e. The fourth-order valence-electron chi connectivity index (χ4n) is 2.40. The van der Waals surface area contributed by atoms with Crippen LogP contribution in [0.25, 0.3) is 0 Å². The molecule has 1 aliphatic carbocycles.